The summed E-state index contributed by atoms with van der Waals surface area (Å²) in [6, 6.07) is 12.2. The highest BCUT2D eigenvalue weighted by Gasteiger charge is 2.14. The summed E-state index contributed by atoms with van der Waals surface area (Å²) >= 11 is 1.23. The summed E-state index contributed by atoms with van der Waals surface area (Å²) in [7, 11) is 1.70. The number of nitrogens with one attached hydrogen (secondary N) is 2. The van der Waals surface area contributed by atoms with E-state index in [2.05, 4.69) is 26.2 Å². The molecular formula is C19H18N6O4S. The van der Waals surface area contributed by atoms with Crippen LogP contribution in [0.5, 0.6) is 11.5 Å². The minimum Gasteiger partial charge on any atom is -0.454 e. The van der Waals surface area contributed by atoms with Gasteiger partial charge in [-0.1, -0.05) is 17.8 Å². The lowest BCUT2D eigenvalue weighted by Crippen LogP contribution is -2.22. The highest BCUT2D eigenvalue weighted by atomic mass is 32.2. The second-order valence-corrected chi connectivity index (χ2v) is 7.31. The molecule has 0 bridgehead atoms. The predicted molar refractivity (Wildman–Crippen MR) is 108 cm³/mol. The maximum absolute atomic E-state index is 12.4. The molecule has 1 aromatic heterocycles. The molecule has 1 aliphatic heterocycles. The third-order valence-corrected chi connectivity index (χ3v) is 5.25. The molecule has 11 heteroatoms. The molecule has 2 amide bonds. The number of aryl methyl sites for hydroxylation is 1. The number of anilines is 1. The summed E-state index contributed by atoms with van der Waals surface area (Å²) in [5.41, 5.74) is 2.00. The Morgan fingerprint density at radius 2 is 1.93 bits per heavy atom. The molecule has 0 saturated carbocycles. The fraction of sp³-hybridized carbons (Fsp3) is 0.211. The molecule has 4 rings (SSSR count). The molecule has 0 radical (unpaired) electrons. The van der Waals surface area contributed by atoms with E-state index in [1.165, 1.54) is 16.4 Å². The zero-order valence-electron chi connectivity index (χ0n) is 16.0. The molecule has 0 spiro atoms. The summed E-state index contributed by atoms with van der Waals surface area (Å²) in [4.78, 5) is 24.4. The van der Waals surface area contributed by atoms with Crippen LogP contribution in [0.1, 0.15) is 15.9 Å². The van der Waals surface area contributed by atoms with Gasteiger partial charge in [0.25, 0.3) is 5.91 Å². The average molecular weight is 426 g/mol. The number of ether oxygens (including phenoxy) is 2. The molecule has 10 nitrogen and oxygen atoms in total. The van der Waals surface area contributed by atoms with Crippen LogP contribution in [-0.4, -0.2) is 44.6 Å². The number of nitrogens with zero attached hydrogens (tertiary/aromatic N) is 4. The van der Waals surface area contributed by atoms with Crippen molar-refractivity contribution in [1.29, 1.82) is 0 Å². The van der Waals surface area contributed by atoms with Crippen molar-refractivity contribution in [3.05, 3.63) is 53.6 Å². The van der Waals surface area contributed by atoms with Crippen molar-refractivity contribution in [2.45, 2.75) is 11.7 Å². The number of benzene rings is 2. The Balaban J connectivity index is 1.26. The third kappa shape index (κ3) is 4.69. The number of tetrazole rings is 1. The highest BCUT2D eigenvalue weighted by Crippen LogP contribution is 2.32. The Kier molecular flexibility index (Phi) is 5.80. The molecule has 154 valence electrons. The normalized spacial score (nSPS) is 11.9. The Morgan fingerprint density at radius 1 is 1.13 bits per heavy atom. The Hall–Kier alpha value is -3.60. The summed E-state index contributed by atoms with van der Waals surface area (Å²) < 4.78 is 12.1. The number of fused-ring (bicyclic) bond motifs is 1. The van der Waals surface area contributed by atoms with Gasteiger partial charge in [-0.15, -0.1) is 5.10 Å². The molecule has 0 saturated heterocycles. The lowest BCUT2D eigenvalue weighted by Gasteiger charge is -2.08. The number of hydrogen-bond acceptors (Lipinski definition) is 8. The quantitative estimate of drug-likeness (QED) is 0.547. The number of amides is 2. The van der Waals surface area contributed by atoms with E-state index in [4.69, 9.17) is 9.47 Å². The van der Waals surface area contributed by atoms with Gasteiger partial charge < -0.3 is 20.1 Å². The van der Waals surface area contributed by atoms with Gasteiger partial charge >= 0.3 is 0 Å². The second kappa shape index (κ2) is 8.82. The van der Waals surface area contributed by atoms with Gasteiger partial charge in [0.2, 0.25) is 17.9 Å². The van der Waals surface area contributed by atoms with E-state index >= 15 is 0 Å². The van der Waals surface area contributed by atoms with Crippen LogP contribution < -0.4 is 20.1 Å². The standard InChI is InChI=1S/C19H18N6O4S/c1-25-19(22-23-24-25)30-10-17(26)21-14-5-3-13(4-6-14)18(27)20-9-12-2-7-15-16(8-12)29-11-28-15/h2-8H,9-11H2,1H3,(H,20,27)(H,21,26). The minimum atomic E-state index is -0.212. The van der Waals surface area contributed by atoms with Crippen LogP contribution in [0.3, 0.4) is 0 Å². The van der Waals surface area contributed by atoms with Crippen molar-refractivity contribution in [2.24, 2.45) is 7.05 Å². The molecule has 2 aromatic carbocycles. The number of hydrogen-bond donors (Lipinski definition) is 2. The maximum Gasteiger partial charge on any atom is 0.251 e. The van der Waals surface area contributed by atoms with E-state index in [0.717, 1.165) is 5.56 Å². The van der Waals surface area contributed by atoms with Crippen molar-refractivity contribution in [1.82, 2.24) is 25.5 Å². The fourth-order valence-electron chi connectivity index (χ4n) is 2.71. The molecule has 0 unspecified atom stereocenters. The molecule has 0 atom stereocenters. The van der Waals surface area contributed by atoms with Gasteiger partial charge in [-0.2, -0.15) is 0 Å². The SMILES string of the molecule is Cn1nnnc1SCC(=O)Nc1ccc(C(=O)NCc2ccc3c(c2)OCO3)cc1. The van der Waals surface area contributed by atoms with Gasteiger partial charge in [-0.3, -0.25) is 9.59 Å². The van der Waals surface area contributed by atoms with Gasteiger partial charge in [-0.05, 0) is 52.4 Å². The summed E-state index contributed by atoms with van der Waals surface area (Å²) in [5.74, 6) is 1.15. The van der Waals surface area contributed by atoms with E-state index in [-0.39, 0.29) is 24.4 Å². The van der Waals surface area contributed by atoms with Crippen LogP contribution in [0.15, 0.2) is 47.6 Å². The Bertz CT molecular complexity index is 1070. The molecule has 30 heavy (non-hydrogen) atoms. The first kappa shape index (κ1) is 19.7. The molecular weight excluding hydrogens is 408 g/mol. The monoisotopic (exact) mass is 426 g/mol. The van der Waals surface area contributed by atoms with Crippen molar-refractivity contribution >= 4 is 29.3 Å². The number of carbonyl (C=O) groups excluding carboxylic acids is 2. The van der Waals surface area contributed by atoms with Crippen LogP contribution >= 0.6 is 11.8 Å². The number of carbonyl (C=O) groups is 2. The van der Waals surface area contributed by atoms with Crippen molar-refractivity contribution in [2.75, 3.05) is 17.9 Å². The first-order chi connectivity index (χ1) is 14.6. The predicted octanol–water partition coefficient (Wildman–Crippen LogP) is 1.60. The minimum absolute atomic E-state index is 0.173. The van der Waals surface area contributed by atoms with E-state index in [9.17, 15) is 9.59 Å². The van der Waals surface area contributed by atoms with Crippen molar-refractivity contribution in [3.63, 3.8) is 0 Å². The summed E-state index contributed by atoms with van der Waals surface area (Å²) in [5, 5.41) is 17.2. The number of aromatic nitrogens is 4. The number of thioether (sulfide) groups is 1. The second-order valence-electron chi connectivity index (χ2n) is 6.37. The molecule has 0 fully saturated rings. The van der Waals surface area contributed by atoms with E-state index in [0.29, 0.717) is 34.5 Å². The maximum atomic E-state index is 12.4. The first-order valence-electron chi connectivity index (χ1n) is 9.00. The topological polar surface area (TPSA) is 120 Å². The summed E-state index contributed by atoms with van der Waals surface area (Å²) in [6.45, 7) is 0.576. The number of rotatable bonds is 7. The van der Waals surface area contributed by atoms with Crippen molar-refractivity contribution in [3.8, 4) is 11.5 Å². The zero-order valence-corrected chi connectivity index (χ0v) is 16.8. The van der Waals surface area contributed by atoms with Crippen LogP contribution in [0.25, 0.3) is 0 Å². The van der Waals surface area contributed by atoms with Gasteiger partial charge in [0.05, 0.1) is 5.75 Å². The van der Waals surface area contributed by atoms with Crippen LogP contribution in [0.4, 0.5) is 5.69 Å². The highest BCUT2D eigenvalue weighted by molar-refractivity contribution is 7.99. The third-order valence-electron chi connectivity index (χ3n) is 4.23. The van der Waals surface area contributed by atoms with Crippen LogP contribution in [0, 0.1) is 0 Å². The van der Waals surface area contributed by atoms with Gasteiger partial charge in [0.1, 0.15) is 0 Å². The van der Waals surface area contributed by atoms with E-state index in [1.807, 2.05) is 18.2 Å². The van der Waals surface area contributed by atoms with Crippen LogP contribution in [0.2, 0.25) is 0 Å². The lowest BCUT2D eigenvalue weighted by atomic mass is 10.1. The average Bonchev–Trinajstić information content (AvgIpc) is 3.39. The van der Waals surface area contributed by atoms with Crippen LogP contribution in [-0.2, 0) is 18.4 Å². The molecule has 0 aliphatic carbocycles. The smallest absolute Gasteiger partial charge is 0.251 e. The molecule has 2 heterocycles. The summed E-state index contributed by atoms with van der Waals surface area (Å²) in [6.07, 6.45) is 0. The Labute approximate surface area is 175 Å². The Morgan fingerprint density at radius 3 is 2.70 bits per heavy atom. The van der Waals surface area contributed by atoms with Gasteiger partial charge in [0.15, 0.2) is 11.5 Å². The fourth-order valence-corrected chi connectivity index (χ4v) is 3.36. The first-order valence-corrected chi connectivity index (χ1v) is 9.99. The van der Waals surface area contributed by atoms with Gasteiger partial charge in [0, 0.05) is 24.8 Å². The van der Waals surface area contributed by atoms with Crippen molar-refractivity contribution < 1.29 is 19.1 Å². The zero-order chi connectivity index (χ0) is 20.9. The molecule has 2 N–H and O–H groups in total. The molecule has 1 aliphatic rings. The molecule has 3 aromatic rings. The van der Waals surface area contributed by atoms with Gasteiger partial charge in [-0.25, -0.2) is 4.68 Å². The largest absolute Gasteiger partial charge is 0.454 e. The lowest BCUT2D eigenvalue weighted by molar-refractivity contribution is -0.113. The van der Waals surface area contributed by atoms with E-state index in [1.54, 1.807) is 31.3 Å². The van der Waals surface area contributed by atoms with E-state index < -0.39 is 0 Å².